The Labute approximate surface area is 261 Å². The molecule has 20 heteroatoms. The zero-order chi connectivity index (χ0) is 33.6. The van der Waals surface area contributed by atoms with Crippen LogP contribution in [0, 0.1) is 0 Å². The normalized spacial score (nSPS) is 52.4. The molecule has 20 atom stereocenters. The van der Waals surface area contributed by atoms with Crippen molar-refractivity contribution in [3.05, 3.63) is 0 Å². The van der Waals surface area contributed by atoms with Gasteiger partial charge in [0.05, 0.1) is 25.9 Å². The number of aliphatic hydroxyl groups is 10. The van der Waals surface area contributed by atoms with E-state index in [2.05, 4.69) is 5.32 Å². The van der Waals surface area contributed by atoms with Gasteiger partial charge < -0.3 is 94.3 Å². The summed E-state index contributed by atoms with van der Waals surface area (Å²) in [5.41, 5.74) is 0. The van der Waals surface area contributed by atoms with E-state index in [1.54, 1.807) is 0 Å². The number of hydrogen-bond acceptors (Lipinski definition) is 19. The maximum Gasteiger partial charge on any atom is 0.217 e. The van der Waals surface area contributed by atoms with Crippen LogP contribution in [0.5, 0.6) is 0 Å². The number of nitrogens with one attached hydrogen (secondary N) is 1. The van der Waals surface area contributed by atoms with E-state index < -0.39 is 148 Å². The molecular formula is C26H43NO19. The summed E-state index contributed by atoms with van der Waals surface area (Å²) in [6.07, 6.45) is -30.9. The van der Waals surface area contributed by atoms with Crippen LogP contribution in [0.1, 0.15) is 13.8 Å². The highest BCUT2D eigenvalue weighted by Gasteiger charge is 2.57. The minimum atomic E-state index is -1.89. The Balaban J connectivity index is 1.56. The van der Waals surface area contributed by atoms with Crippen LogP contribution in [0.15, 0.2) is 0 Å². The lowest BCUT2D eigenvalue weighted by atomic mass is 9.95. The molecule has 0 unspecified atom stereocenters. The van der Waals surface area contributed by atoms with Gasteiger partial charge in [0.2, 0.25) is 5.91 Å². The molecule has 0 aromatic carbocycles. The molecular weight excluding hydrogens is 630 g/mol. The van der Waals surface area contributed by atoms with Crippen molar-refractivity contribution >= 4 is 5.91 Å². The highest BCUT2D eigenvalue weighted by atomic mass is 16.8. The highest BCUT2D eigenvalue weighted by molar-refractivity contribution is 5.73. The lowest BCUT2D eigenvalue weighted by Gasteiger charge is -2.49. The number of rotatable bonds is 4. The molecule has 20 nitrogen and oxygen atoms in total. The fraction of sp³-hybridized carbons (Fsp3) is 0.962. The maximum atomic E-state index is 12.3. The molecule has 5 saturated heterocycles. The second-order valence-corrected chi connectivity index (χ2v) is 12.0. The molecule has 0 saturated carbocycles. The lowest BCUT2D eigenvalue weighted by Crippen LogP contribution is -2.69. The zero-order valence-electron chi connectivity index (χ0n) is 24.8. The van der Waals surface area contributed by atoms with E-state index in [0.717, 1.165) is 6.92 Å². The van der Waals surface area contributed by atoms with Gasteiger partial charge in [-0.05, 0) is 6.92 Å². The van der Waals surface area contributed by atoms with Crippen molar-refractivity contribution in [3.8, 4) is 0 Å². The summed E-state index contributed by atoms with van der Waals surface area (Å²) in [7, 11) is 0. The van der Waals surface area contributed by atoms with Crippen molar-refractivity contribution in [2.75, 3.05) is 19.8 Å². The Bertz CT molecular complexity index is 1030. The van der Waals surface area contributed by atoms with Gasteiger partial charge in [0.25, 0.3) is 0 Å². The number of aliphatic hydroxyl groups excluding tert-OH is 10. The summed E-state index contributed by atoms with van der Waals surface area (Å²) in [6, 6.07) is -1.43. The average molecular weight is 674 g/mol. The summed E-state index contributed by atoms with van der Waals surface area (Å²) in [5.74, 6) is -0.661. The van der Waals surface area contributed by atoms with Crippen LogP contribution in [-0.2, 0) is 42.7 Å². The van der Waals surface area contributed by atoms with Gasteiger partial charge in [-0.25, -0.2) is 0 Å². The molecule has 0 aromatic rings. The summed E-state index contributed by atoms with van der Waals surface area (Å²) < 4.78 is 46.2. The third kappa shape index (κ3) is 6.92. The van der Waals surface area contributed by atoms with Crippen LogP contribution in [0.25, 0.3) is 0 Å². The number of carbonyl (C=O) groups is 1. The van der Waals surface area contributed by atoms with Gasteiger partial charge in [0, 0.05) is 6.92 Å². The molecule has 5 heterocycles. The first-order valence-corrected chi connectivity index (χ1v) is 14.9. The van der Waals surface area contributed by atoms with Gasteiger partial charge in [-0.15, -0.1) is 0 Å². The van der Waals surface area contributed by atoms with E-state index in [1.165, 1.54) is 6.92 Å². The second kappa shape index (κ2) is 14.7. The Hall–Kier alpha value is -1.25. The predicted octanol–water partition coefficient (Wildman–Crippen LogP) is -7.53. The molecule has 5 aliphatic rings. The number of carbonyl (C=O) groups excluding carboxylic acids is 1. The first-order chi connectivity index (χ1) is 21.8. The molecule has 5 rings (SSSR count). The van der Waals surface area contributed by atoms with Gasteiger partial charge in [-0.3, -0.25) is 4.79 Å². The van der Waals surface area contributed by atoms with E-state index in [9.17, 15) is 55.9 Å². The molecule has 5 aliphatic heterocycles. The summed E-state index contributed by atoms with van der Waals surface area (Å²) in [5, 5.41) is 109. The van der Waals surface area contributed by atoms with E-state index >= 15 is 0 Å². The van der Waals surface area contributed by atoms with Crippen LogP contribution in [0.2, 0.25) is 0 Å². The first kappa shape index (κ1) is 36.0. The monoisotopic (exact) mass is 673 g/mol. The van der Waals surface area contributed by atoms with E-state index in [1.807, 2.05) is 0 Å². The zero-order valence-corrected chi connectivity index (χ0v) is 24.8. The van der Waals surface area contributed by atoms with Crippen molar-refractivity contribution in [1.29, 1.82) is 0 Å². The fourth-order valence-electron chi connectivity index (χ4n) is 6.19. The van der Waals surface area contributed by atoms with Crippen molar-refractivity contribution < 1.29 is 93.8 Å². The molecule has 5 fully saturated rings. The Kier molecular flexibility index (Phi) is 11.5. The minimum Gasteiger partial charge on any atom is -0.394 e. The molecule has 46 heavy (non-hydrogen) atoms. The molecule has 0 radical (unpaired) electrons. The van der Waals surface area contributed by atoms with Gasteiger partial charge in [0.1, 0.15) is 91.5 Å². The average Bonchev–Trinajstić information content (AvgIpc) is 3.33. The highest BCUT2D eigenvalue weighted by Crippen LogP contribution is 2.36. The van der Waals surface area contributed by atoms with Crippen molar-refractivity contribution in [3.63, 3.8) is 0 Å². The van der Waals surface area contributed by atoms with Gasteiger partial charge >= 0.3 is 0 Å². The molecule has 266 valence electrons. The van der Waals surface area contributed by atoms with Crippen LogP contribution in [-0.4, -0.2) is 200 Å². The van der Waals surface area contributed by atoms with Crippen LogP contribution >= 0.6 is 0 Å². The van der Waals surface area contributed by atoms with E-state index in [0.29, 0.717) is 0 Å². The summed E-state index contributed by atoms with van der Waals surface area (Å²) >= 11 is 0. The van der Waals surface area contributed by atoms with E-state index in [-0.39, 0.29) is 0 Å². The van der Waals surface area contributed by atoms with Gasteiger partial charge in [0.15, 0.2) is 25.2 Å². The maximum absolute atomic E-state index is 12.3. The topological polar surface area (TPSA) is 305 Å². The quantitative estimate of drug-likeness (QED) is 0.132. The molecule has 0 aromatic heterocycles. The third-order valence-electron chi connectivity index (χ3n) is 8.77. The molecule has 1 amide bonds. The van der Waals surface area contributed by atoms with Crippen molar-refractivity contribution in [2.24, 2.45) is 0 Å². The predicted molar refractivity (Wildman–Crippen MR) is 141 cm³/mol. The number of fused-ring (bicyclic) bond motifs is 7. The summed E-state index contributed by atoms with van der Waals surface area (Å²) in [6.45, 7) is 0.286. The Morgan fingerprint density at radius 3 is 2.00 bits per heavy atom. The Morgan fingerprint density at radius 1 is 0.696 bits per heavy atom. The number of hydrogen-bond donors (Lipinski definition) is 11. The third-order valence-corrected chi connectivity index (χ3v) is 8.77. The van der Waals surface area contributed by atoms with Crippen molar-refractivity contribution in [2.45, 2.75) is 137 Å². The van der Waals surface area contributed by atoms with Gasteiger partial charge in [-0.1, -0.05) is 0 Å². The fourth-order valence-corrected chi connectivity index (χ4v) is 6.19. The molecule has 6 bridgehead atoms. The largest absolute Gasteiger partial charge is 0.394 e. The lowest BCUT2D eigenvalue weighted by molar-refractivity contribution is -0.378. The SMILES string of the molecule is CC(=O)N[C@H]1[C@H]2O[C@H]3[C@H](OC[C@H]4O[C@H](O[C@@H]5[C@@H](O)[C@H](C)O[C@@H](O[C@H]1[C@H](O)[C@@H](CO)O2)[C@@H]5O)[C@H](O)[C@@H](O)[C@@H]4O)O[C@@H]([C@H](O)CO)[C@@H]3O. The molecule has 11 N–H and O–H groups in total. The van der Waals surface area contributed by atoms with Crippen LogP contribution in [0.3, 0.4) is 0 Å². The first-order valence-electron chi connectivity index (χ1n) is 14.9. The van der Waals surface area contributed by atoms with Crippen molar-refractivity contribution in [1.82, 2.24) is 5.32 Å². The van der Waals surface area contributed by atoms with Crippen LogP contribution in [0.4, 0.5) is 0 Å². The standard InChI is InChI=1S/C26H43NO19/c1-6-12(32)21-18(38)25(40-6)44-20-11(27-7(2)30)23(41-9(4-29)14(20)34)46-22-17(37)19(8(31)3-28)43-26(22)39-5-10-13(33)15(35)16(36)24(42-10)45-21/h6,8-26,28-29,31-38H,3-5H2,1-2H3,(H,27,30)/t6-,8+,9+,10+,11+,12-,13+,14+,15-,16+,17-,18+,19-,20+,21+,22+,23+,24+,25-,26+/m0/s1. The summed E-state index contributed by atoms with van der Waals surface area (Å²) in [4.78, 5) is 12.3. The van der Waals surface area contributed by atoms with E-state index in [4.69, 9.17) is 37.9 Å². The smallest absolute Gasteiger partial charge is 0.217 e. The van der Waals surface area contributed by atoms with Gasteiger partial charge in [-0.2, -0.15) is 0 Å². The molecule has 0 spiro atoms. The minimum absolute atomic E-state index is 0.619. The Morgan fingerprint density at radius 2 is 1.35 bits per heavy atom. The number of amides is 1. The second-order valence-electron chi connectivity index (χ2n) is 12.0. The number of ether oxygens (including phenoxy) is 8. The van der Waals surface area contributed by atoms with Crippen LogP contribution < -0.4 is 5.32 Å². The molecule has 0 aliphatic carbocycles.